The molecule has 0 aliphatic carbocycles. The normalized spacial score (nSPS) is 8.12. The Labute approximate surface area is 96.3 Å². The van der Waals surface area contributed by atoms with Crippen LogP contribution >= 0.6 is 0 Å². The number of carbonyl (C=O) groups excluding carboxylic acids is 1. The van der Waals surface area contributed by atoms with E-state index < -0.39 is 12.1 Å². The fourth-order valence-electron chi connectivity index (χ4n) is 0.369. The molecule has 0 aromatic carbocycles. The van der Waals surface area contributed by atoms with Crippen LogP contribution in [-0.2, 0) is 9.53 Å². The van der Waals surface area contributed by atoms with Crippen molar-refractivity contribution in [3.8, 4) is 0 Å². The van der Waals surface area contributed by atoms with Crippen molar-refractivity contribution in [3.63, 3.8) is 0 Å². The van der Waals surface area contributed by atoms with Gasteiger partial charge in [0.15, 0.2) is 0 Å². The van der Waals surface area contributed by atoms with Crippen LogP contribution in [0.5, 0.6) is 0 Å². The van der Waals surface area contributed by atoms with Crippen molar-refractivity contribution in [3.05, 3.63) is 12.7 Å². The number of hydrogen-bond donors (Lipinski definition) is 3. The van der Waals surface area contributed by atoms with Gasteiger partial charge in [-0.25, -0.2) is 9.59 Å². The van der Waals surface area contributed by atoms with Crippen LogP contribution in [-0.4, -0.2) is 36.0 Å². The Morgan fingerprint density at radius 2 is 2.12 bits per heavy atom. The van der Waals surface area contributed by atoms with E-state index in [-0.39, 0.29) is 14.6 Å². The standard InChI is InChI=1S/C6H9NO4.C4H9N.H2/c1-2-5(8)11-4-3-7-6(9)10;1-3-4(2)5;/h2,7H,1,3-4H2,(H,9,10);5H,3H2,1-2H3;1H. The molecule has 3 N–H and O–H groups in total. The molecule has 94 valence electrons. The summed E-state index contributed by atoms with van der Waals surface area (Å²) in [5.74, 6) is -0.558. The van der Waals surface area contributed by atoms with Crippen LogP contribution in [0.15, 0.2) is 12.7 Å². The zero-order valence-electron chi connectivity index (χ0n) is 9.58. The molecule has 0 radical (unpaired) electrons. The third kappa shape index (κ3) is 18.0. The van der Waals surface area contributed by atoms with E-state index in [1.165, 1.54) is 0 Å². The Hall–Kier alpha value is -1.85. The summed E-state index contributed by atoms with van der Waals surface area (Å²) in [7, 11) is 0. The molecular formula is C10H20N2O4. The van der Waals surface area contributed by atoms with E-state index in [4.69, 9.17) is 10.5 Å². The van der Waals surface area contributed by atoms with Crippen molar-refractivity contribution in [1.82, 2.24) is 5.32 Å². The van der Waals surface area contributed by atoms with Crippen LogP contribution < -0.4 is 5.32 Å². The molecule has 6 nitrogen and oxygen atoms in total. The summed E-state index contributed by atoms with van der Waals surface area (Å²) in [6, 6.07) is 0. The Bertz CT molecular complexity index is 257. The highest BCUT2D eigenvalue weighted by molar-refractivity contribution is 5.81. The number of ether oxygens (including phenoxy) is 1. The number of rotatable bonds is 5. The predicted octanol–water partition coefficient (Wildman–Crippen LogP) is 1.67. The quantitative estimate of drug-likeness (QED) is 0.290. The average molecular weight is 232 g/mol. The van der Waals surface area contributed by atoms with Gasteiger partial charge in [-0.2, -0.15) is 0 Å². The summed E-state index contributed by atoms with van der Waals surface area (Å²) in [6.45, 7) is 7.06. The highest BCUT2D eigenvalue weighted by Crippen LogP contribution is 1.76. The second kappa shape index (κ2) is 11.2. The summed E-state index contributed by atoms with van der Waals surface area (Å²) >= 11 is 0. The van der Waals surface area contributed by atoms with Gasteiger partial charge in [-0.15, -0.1) is 0 Å². The molecule has 16 heavy (non-hydrogen) atoms. The smallest absolute Gasteiger partial charge is 0.404 e. The molecule has 0 aromatic rings. The molecule has 1 amide bonds. The fraction of sp³-hybridized carbons (Fsp3) is 0.500. The minimum absolute atomic E-state index is 0. The minimum Gasteiger partial charge on any atom is -0.465 e. The zero-order valence-corrected chi connectivity index (χ0v) is 9.58. The number of hydrogen-bond acceptors (Lipinski definition) is 4. The Balaban J connectivity index is -0.000000280. The van der Waals surface area contributed by atoms with Gasteiger partial charge in [-0.1, -0.05) is 13.5 Å². The maximum absolute atomic E-state index is 10.3. The van der Waals surface area contributed by atoms with E-state index in [0.29, 0.717) is 0 Å². The third-order valence-corrected chi connectivity index (χ3v) is 1.32. The van der Waals surface area contributed by atoms with Gasteiger partial charge in [0.25, 0.3) is 0 Å². The van der Waals surface area contributed by atoms with Crippen LogP contribution in [0.4, 0.5) is 4.79 Å². The lowest BCUT2D eigenvalue weighted by Gasteiger charge is -2.00. The monoisotopic (exact) mass is 232 g/mol. The fourth-order valence-corrected chi connectivity index (χ4v) is 0.369. The Morgan fingerprint density at radius 1 is 1.62 bits per heavy atom. The van der Waals surface area contributed by atoms with E-state index in [1.807, 2.05) is 12.2 Å². The van der Waals surface area contributed by atoms with E-state index in [1.54, 1.807) is 6.92 Å². The molecule has 0 unspecified atom stereocenters. The van der Waals surface area contributed by atoms with Crippen LogP contribution in [0, 0.1) is 5.41 Å². The lowest BCUT2D eigenvalue weighted by molar-refractivity contribution is -0.137. The van der Waals surface area contributed by atoms with Crippen LogP contribution in [0.2, 0.25) is 0 Å². The first-order valence-corrected chi connectivity index (χ1v) is 4.74. The number of esters is 1. The SMILES string of the molecule is C=CC(=O)OCCNC(=O)O.CCC(C)=N.[HH]. The largest absolute Gasteiger partial charge is 0.465 e. The number of carboxylic acid groups (broad SMARTS) is 1. The van der Waals surface area contributed by atoms with E-state index >= 15 is 0 Å². The van der Waals surface area contributed by atoms with Gasteiger partial charge in [0.1, 0.15) is 6.61 Å². The first-order valence-electron chi connectivity index (χ1n) is 4.74. The van der Waals surface area contributed by atoms with Crippen LogP contribution in [0.25, 0.3) is 0 Å². The minimum atomic E-state index is -1.14. The highest BCUT2D eigenvalue weighted by Gasteiger charge is 1.95. The highest BCUT2D eigenvalue weighted by atomic mass is 16.5. The van der Waals surface area contributed by atoms with Gasteiger partial charge >= 0.3 is 12.1 Å². The number of amides is 1. The topological polar surface area (TPSA) is 99.5 Å². The predicted molar refractivity (Wildman–Crippen MR) is 63.0 cm³/mol. The van der Waals surface area contributed by atoms with E-state index in [2.05, 4.69) is 11.3 Å². The number of nitrogens with one attached hydrogen (secondary N) is 2. The van der Waals surface area contributed by atoms with Crippen molar-refractivity contribution in [2.24, 2.45) is 0 Å². The molecule has 0 fully saturated rings. The first kappa shape index (κ1) is 16.6. The van der Waals surface area contributed by atoms with Gasteiger partial charge < -0.3 is 20.6 Å². The van der Waals surface area contributed by atoms with Gasteiger partial charge in [-0.05, 0) is 13.3 Å². The van der Waals surface area contributed by atoms with Crippen LogP contribution in [0.3, 0.4) is 0 Å². The van der Waals surface area contributed by atoms with Crippen molar-refractivity contribution in [2.75, 3.05) is 13.2 Å². The van der Waals surface area contributed by atoms with E-state index in [9.17, 15) is 9.59 Å². The van der Waals surface area contributed by atoms with Crippen molar-refractivity contribution >= 4 is 17.8 Å². The Kier molecular flexibility index (Phi) is 11.6. The molecule has 0 heterocycles. The van der Waals surface area contributed by atoms with Crippen molar-refractivity contribution in [2.45, 2.75) is 20.3 Å². The van der Waals surface area contributed by atoms with E-state index in [0.717, 1.165) is 18.2 Å². The summed E-state index contributed by atoms with van der Waals surface area (Å²) in [4.78, 5) is 20.2. The molecule has 0 spiro atoms. The summed E-state index contributed by atoms with van der Waals surface area (Å²) in [5, 5.41) is 16.8. The molecule has 0 atom stereocenters. The molecule has 0 rings (SSSR count). The summed E-state index contributed by atoms with van der Waals surface area (Å²) in [5.41, 5.74) is 0.755. The third-order valence-electron chi connectivity index (χ3n) is 1.32. The van der Waals surface area contributed by atoms with Crippen molar-refractivity contribution in [1.29, 1.82) is 5.41 Å². The maximum Gasteiger partial charge on any atom is 0.404 e. The lowest BCUT2D eigenvalue weighted by atomic mass is 10.3. The second-order valence-electron chi connectivity index (χ2n) is 2.74. The molecule has 0 bridgehead atoms. The summed E-state index contributed by atoms with van der Waals surface area (Å²) in [6.07, 6.45) is 0.764. The maximum atomic E-state index is 10.3. The van der Waals surface area contributed by atoms with Gasteiger partial charge in [0.2, 0.25) is 0 Å². The molecule has 0 saturated heterocycles. The first-order chi connectivity index (χ1) is 7.43. The van der Waals surface area contributed by atoms with Gasteiger partial charge in [-0.3, -0.25) is 0 Å². The zero-order chi connectivity index (χ0) is 13.0. The molecular weight excluding hydrogens is 212 g/mol. The molecule has 0 aliphatic rings. The molecule has 0 aromatic heterocycles. The van der Waals surface area contributed by atoms with Crippen molar-refractivity contribution < 1.29 is 20.9 Å². The lowest BCUT2D eigenvalue weighted by Crippen LogP contribution is -2.25. The summed E-state index contributed by atoms with van der Waals surface area (Å²) < 4.78 is 4.46. The number of carbonyl (C=O) groups is 2. The van der Waals surface area contributed by atoms with Gasteiger partial charge in [0.05, 0.1) is 6.54 Å². The Morgan fingerprint density at radius 3 is 2.44 bits per heavy atom. The molecule has 0 aliphatic heterocycles. The van der Waals surface area contributed by atoms with Crippen LogP contribution in [0.1, 0.15) is 21.7 Å². The average Bonchev–Trinajstić information content (AvgIpc) is 2.24. The van der Waals surface area contributed by atoms with Gasteiger partial charge in [0, 0.05) is 13.2 Å². The molecule has 6 heteroatoms. The molecule has 0 saturated carbocycles. The second-order valence-corrected chi connectivity index (χ2v) is 2.74.